The van der Waals surface area contributed by atoms with E-state index in [0.717, 1.165) is 62.3 Å². The molecule has 124 valence electrons. The van der Waals surface area contributed by atoms with E-state index in [1.165, 1.54) is 12.0 Å². The van der Waals surface area contributed by atoms with Gasteiger partial charge in [0.15, 0.2) is 0 Å². The molecule has 2 unspecified atom stereocenters. The van der Waals surface area contributed by atoms with Gasteiger partial charge in [-0.15, -0.1) is 0 Å². The van der Waals surface area contributed by atoms with Gasteiger partial charge in [0.2, 0.25) is 0 Å². The van der Waals surface area contributed by atoms with Crippen molar-refractivity contribution in [3.05, 3.63) is 18.1 Å². The zero-order chi connectivity index (χ0) is 15.7. The van der Waals surface area contributed by atoms with Gasteiger partial charge in [-0.1, -0.05) is 6.92 Å². The van der Waals surface area contributed by atoms with Gasteiger partial charge in [0.25, 0.3) is 0 Å². The Labute approximate surface area is 136 Å². The Morgan fingerprint density at radius 1 is 1.39 bits per heavy atom. The molecule has 6 heteroatoms. The minimum absolute atomic E-state index is 0.0335. The molecule has 1 spiro atoms. The molecule has 2 fully saturated rings. The average molecular weight is 316 g/mol. The summed E-state index contributed by atoms with van der Waals surface area (Å²) in [6, 6.07) is 0. The average Bonchev–Trinajstić information content (AvgIpc) is 3.20. The second-order valence-electron chi connectivity index (χ2n) is 6.61. The second-order valence-corrected chi connectivity index (χ2v) is 6.61. The number of nitrogens with zero attached hydrogens (tertiary/aromatic N) is 2. The number of ether oxygens (including phenoxy) is 2. The number of anilines is 1. The molecule has 0 radical (unpaired) electrons. The van der Waals surface area contributed by atoms with Crippen molar-refractivity contribution in [2.75, 3.05) is 25.1 Å². The summed E-state index contributed by atoms with van der Waals surface area (Å²) in [5.74, 6) is 0.902. The molecule has 0 amide bonds. The smallest absolute Gasteiger partial charge is 0.143 e. The van der Waals surface area contributed by atoms with Crippen LogP contribution < -0.4 is 5.32 Å². The van der Waals surface area contributed by atoms with E-state index in [9.17, 15) is 0 Å². The Kier molecular flexibility index (Phi) is 3.95. The third kappa shape index (κ3) is 2.81. The lowest BCUT2D eigenvalue weighted by atomic mass is 9.91. The quantitative estimate of drug-likeness (QED) is 0.907. The molecule has 2 aliphatic rings. The molecule has 4 rings (SSSR count). The lowest BCUT2D eigenvalue weighted by molar-refractivity contribution is -0.122. The third-order valence-corrected chi connectivity index (χ3v) is 5.07. The standard InChI is InChI=1S/C17H24N4O2/c1-2-12-8-18-15-14(12)16(21-11-20-15)19-9-13-4-3-5-17(23-13)6-7-22-10-17/h8,11,13H,2-7,9-10H2,1H3,(H2,18,19,20,21). The molecule has 0 aliphatic carbocycles. The highest BCUT2D eigenvalue weighted by atomic mass is 16.6. The van der Waals surface area contributed by atoms with E-state index >= 15 is 0 Å². The Morgan fingerprint density at radius 2 is 2.35 bits per heavy atom. The molecular weight excluding hydrogens is 292 g/mol. The Balaban J connectivity index is 1.47. The van der Waals surface area contributed by atoms with Crippen molar-refractivity contribution >= 4 is 16.9 Å². The summed E-state index contributed by atoms with van der Waals surface area (Å²) in [5, 5.41) is 4.59. The van der Waals surface area contributed by atoms with E-state index in [2.05, 4.69) is 27.2 Å². The number of hydrogen-bond acceptors (Lipinski definition) is 5. The van der Waals surface area contributed by atoms with Crippen molar-refractivity contribution < 1.29 is 9.47 Å². The van der Waals surface area contributed by atoms with Crippen LogP contribution in [0.2, 0.25) is 0 Å². The van der Waals surface area contributed by atoms with Crippen LogP contribution in [0.25, 0.3) is 11.0 Å². The monoisotopic (exact) mass is 316 g/mol. The first-order valence-corrected chi connectivity index (χ1v) is 8.60. The molecule has 0 aromatic carbocycles. The second kappa shape index (κ2) is 6.09. The third-order valence-electron chi connectivity index (χ3n) is 5.07. The predicted molar refractivity (Wildman–Crippen MR) is 88.6 cm³/mol. The van der Waals surface area contributed by atoms with Crippen LogP contribution in [-0.2, 0) is 15.9 Å². The highest BCUT2D eigenvalue weighted by Crippen LogP contribution is 2.35. The predicted octanol–water partition coefficient (Wildman–Crippen LogP) is 2.66. The number of aromatic amines is 1. The summed E-state index contributed by atoms with van der Waals surface area (Å²) in [5.41, 5.74) is 2.10. The largest absolute Gasteiger partial charge is 0.378 e. The highest BCUT2D eigenvalue weighted by molar-refractivity contribution is 5.90. The molecule has 4 heterocycles. The van der Waals surface area contributed by atoms with Gasteiger partial charge in [-0.2, -0.15) is 0 Å². The van der Waals surface area contributed by atoms with E-state index in [4.69, 9.17) is 9.47 Å². The number of H-pyrrole nitrogens is 1. The first-order chi connectivity index (χ1) is 11.3. The zero-order valence-corrected chi connectivity index (χ0v) is 13.6. The molecule has 23 heavy (non-hydrogen) atoms. The van der Waals surface area contributed by atoms with Crippen LogP contribution in [0.15, 0.2) is 12.5 Å². The lowest BCUT2D eigenvalue weighted by Crippen LogP contribution is -2.43. The summed E-state index contributed by atoms with van der Waals surface area (Å²) in [7, 11) is 0. The van der Waals surface area contributed by atoms with Crippen molar-refractivity contribution in [2.45, 2.75) is 50.7 Å². The molecule has 6 nitrogen and oxygen atoms in total. The molecule has 2 aliphatic heterocycles. The van der Waals surface area contributed by atoms with Crippen molar-refractivity contribution in [3.8, 4) is 0 Å². The molecule has 2 atom stereocenters. The van der Waals surface area contributed by atoms with E-state index < -0.39 is 0 Å². The SMILES string of the molecule is CCc1c[nH]c2ncnc(NCC3CCCC4(CCOC4)O3)c12. The first-order valence-electron chi connectivity index (χ1n) is 8.60. The Bertz CT molecular complexity index is 678. The van der Waals surface area contributed by atoms with E-state index in [-0.39, 0.29) is 11.7 Å². The number of nitrogens with one attached hydrogen (secondary N) is 2. The van der Waals surface area contributed by atoms with Crippen LogP contribution in [0, 0.1) is 0 Å². The summed E-state index contributed by atoms with van der Waals surface area (Å²) in [6.45, 7) is 4.50. The van der Waals surface area contributed by atoms with Crippen molar-refractivity contribution in [1.29, 1.82) is 0 Å². The van der Waals surface area contributed by atoms with Crippen LogP contribution in [0.1, 0.15) is 38.2 Å². The Hall–Kier alpha value is -1.66. The zero-order valence-electron chi connectivity index (χ0n) is 13.6. The normalized spacial score (nSPS) is 27.8. The number of aryl methyl sites for hydroxylation is 1. The molecule has 0 bridgehead atoms. The molecule has 0 saturated carbocycles. The summed E-state index contributed by atoms with van der Waals surface area (Å²) in [4.78, 5) is 12.0. The fourth-order valence-corrected chi connectivity index (χ4v) is 3.80. The molecule has 2 saturated heterocycles. The first kappa shape index (κ1) is 14.9. The minimum Gasteiger partial charge on any atom is -0.378 e. The van der Waals surface area contributed by atoms with Gasteiger partial charge in [0.1, 0.15) is 17.8 Å². The van der Waals surface area contributed by atoms with Gasteiger partial charge in [-0.3, -0.25) is 0 Å². The maximum Gasteiger partial charge on any atom is 0.143 e. The summed E-state index contributed by atoms with van der Waals surface area (Å²) >= 11 is 0. The fourth-order valence-electron chi connectivity index (χ4n) is 3.80. The summed E-state index contributed by atoms with van der Waals surface area (Å²) < 4.78 is 11.9. The van der Waals surface area contributed by atoms with Gasteiger partial charge in [0, 0.05) is 25.8 Å². The van der Waals surface area contributed by atoms with E-state index in [1.54, 1.807) is 6.33 Å². The maximum absolute atomic E-state index is 6.37. The van der Waals surface area contributed by atoms with E-state index in [1.807, 2.05) is 6.20 Å². The molecule has 2 aromatic rings. The minimum atomic E-state index is -0.0335. The number of aromatic nitrogens is 3. The van der Waals surface area contributed by atoms with Gasteiger partial charge in [0.05, 0.1) is 23.7 Å². The summed E-state index contributed by atoms with van der Waals surface area (Å²) in [6.07, 6.45) is 9.26. The lowest BCUT2D eigenvalue weighted by Gasteiger charge is -2.37. The van der Waals surface area contributed by atoms with Gasteiger partial charge in [-0.25, -0.2) is 9.97 Å². The molecular formula is C17H24N4O2. The van der Waals surface area contributed by atoms with Crippen molar-refractivity contribution in [1.82, 2.24) is 15.0 Å². The van der Waals surface area contributed by atoms with Gasteiger partial charge < -0.3 is 19.8 Å². The van der Waals surface area contributed by atoms with Gasteiger partial charge in [-0.05, 0) is 31.2 Å². The van der Waals surface area contributed by atoms with Crippen LogP contribution >= 0.6 is 0 Å². The topological polar surface area (TPSA) is 72.1 Å². The number of rotatable bonds is 4. The number of hydrogen-bond donors (Lipinski definition) is 2. The fraction of sp³-hybridized carbons (Fsp3) is 0.647. The van der Waals surface area contributed by atoms with E-state index in [0.29, 0.717) is 0 Å². The maximum atomic E-state index is 6.37. The Morgan fingerprint density at radius 3 is 3.17 bits per heavy atom. The van der Waals surface area contributed by atoms with Gasteiger partial charge >= 0.3 is 0 Å². The highest BCUT2D eigenvalue weighted by Gasteiger charge is 2.40. The number of fused-ring (bicyclic) bond motifs is 1. The van der Waals surface area contributed by atoms with Crippen molar-refractivity contribution in [3.63, 3.8) is 0 Å². The van der Waals surface area contributed by atoms with Crippen molar-refractivity contribution in [2.24, 2.45) is 0 Å². The van der Waals surface area contributed by atoms with Crippen LogP contribution in [0.4, 0.5) is 5.82 Å². The van der Waals surface area contributed by atoms with Crippen LogP contribution in [0.5, 0.6) is 0 Å². The molecule has 2 aromatic heterocycles. The van der Waals surface area contributed by atoms with Crippen LogP contribution in [-0.4, -0.2) is 46.4 Å². The molecule has 2 N–H and O–H groups in total. The van der Waals surface area contributed by atoms with Crippen LogP contribution in [0.3, 0.4) is 0 Å².